The Labute approximate surface area is 156 Å². The van der Waals surface area contributed by atoms with Crippen LogP contribution in [0.15, 0.2) is 16.7 Å². The lowest BCUT2D eigenvalue weighted by molar-refractivity contribution is 0.140. The Hall–Kier alpha value is -1.87. The van der Waals surface area contributed by atoms with Gasteiger partial charge in [0.05, 0.1) is 18.5 Å². The first-order valence-electron chi connectivity index (χ1n) is 8.38. The molecule has 2 heterocycles. The van der Waals surface area contributed by atoms with E-state index in [-0.39, 0.29) is 12.5 Å². The highest BCUT2D eigenvalue weighted by molar-refractivity contribution is 7.91. The van der Waals surface area contributed by atoms with Crippen LogP contribution < -0.4 is 10.6 Å². The van der Waals surface area contributed by atoms with Gasteiger partial charge in [-0.05, 0) is 40.2 Å². The number of nitrogens with two attached hydrogens (primary N) is 1. The van der Waals surface area contributed by atoms with Crippen molar-refractivity contribution in [3.05, 3.63) is 23.6 Å². The second kappa shape index (κ2) is 8.22. The largest absolute Gasteiger partial charge is 0.591 e. The molecule has 7 nitrogen and oxygen atoms in total. The molecule has 1 aliphatic rings. The van der Waals surface area contributed by atoms with Crippen LogP contribution in [0.2, 0.25) is 0 Å². The van der Waals surface area contributed by atoms with Crippen molar-refractivity contribution in [2.75, 3.05) is 24.6 Å². The molecule has 1 saturated heterocycles. The molecule has 2 rings (SSSR count). The lowest BCUT2D eigenvalue weighted by Gasteiger charge is -2.22. The molecule has 1 aromatic rings. The van der Waals surface area contributed by atoms with Crippen LogP contribution in [0.1, 0.15) is 39.7 Å². The number of anilines is 1. The second-order valence-electron chi connectivity index (χ2n) is 7.29. The van der Waals surface area contributed by atoms with E-state index in [1.165, 1.54) is 6.07 Å². The van der Waals surface area contributed by atoms with E-state index in [0.29, 0.717) is 30.2 Å². The third kappa shape index (κ3) is 5.31. The summed E-state index contributed by atoms with van der Waals surface area (Å²) in [5, 5.41) is 0. The van der Waals surface area contributed by atoms with Gasteiger partial charge >= 0.3 is 6.09 Å². The van der Waals surface area contributed by atoms with Crippen LogP contribution in [0.3, 0.4) is 0 Å². The Morgan fingerprint density at radius 1 is 1.58 bits per heavy atom. The summed E-state index contributed by atoms with van der Waals surface area (Å²) < 4.78 is 34.7. The van der Waals surface area contributed by atoms with Crippen molar-refractivity contribution < 1.29 is 18.5 Å². The number of amides is 1. The molecule has 1 fully saturated rings. The van der Waals surface area contributed by atoms with Crippen molar-refractivity contribution in [2.45, 2.75) is 38.9 Å². The Kier molecular flexibility index (Phi) is 6.46. The molecule has 0 spiro atoms. The van der Waals surface area contributed by atoms with Gasteiger partial charge < -0.3 is 19.9 Å². The Morgan fingerprint density at radius 3 is 2.88 bits per heavy atom. The van der Waals surface area contributed by atoms with E-state index < -0.39 is 28.0 Å². The number of nitrogens with zero attached hydrogens (tertiary/aromatic N) is 3. The van der Waals surface area contributed by atoms with Gasteiger partial charge in [-0.1, -0.05) is 4.40 Å². The number of hydrogen-bond acceptors (Lipinski definition) is 6. The van der Waals surface area contributed by atoms with Crippen LogP contribution in [0.4, 0.5) is 15.0 Å². The fourth-order valence-electron chi connectivity index (χ4n) is 2.62. The second-order valence-corrected chi connectivity index (χ2v) is 9.20. The van der Waals surface area contributed by atoms with Gasteiger partial charge in [0.25, 0.3) is 0 Å². The van der Waals surface area contributed by atoms with E-state index >= 15 is 0 Å². The first-order chi connectivity index (χ1) is 12.1. The molecule has 0 radical (unpaired) electrons. The fourth-order valence-corrected chi connectivity index (χ4v) is 3.24. The number of rotatable bonds is 5. The Bertz CT molecular complexity index is 693. The molecule has 1 aliphatic heterocycles. The van der Waals surface area contributed by atoms with Crippen molar-refractivity contribution in [1.29, 1.82) is 0 Å². The zero-order chi connectivity index (χ0) is 19.5. The van der Waals surface area contributed by atoms with Gasteiger partial charge in [-0.3, -0.25) is 0 Å². The third-order valence-corrected chi connectivity index (χ3v) is 5.50. The Morgan fingerprint density at radius 2 is 2.27 bits per heavy atom. The molecule has 26 heavy (non-hydrogen) atoms. The maximum Gasteiger partial charge on any atom is 0.404 e. The minimum absolute atomic E-state index is 0.128. The van der Waals surface area contributed by atoms with Crippen LogP contribution in [-0.2, 0) is 16.1 Å². The molecule has 144 valence electrons. The molecular weight excluding hydrogens is 359 g/mol. The summed E-state index contributed by atoms with van der Waals surface area (Å²) in [6.07, 6.45) is 1.16. The topological polar surface area (TPSA) is 104 Å². The summed E-state index contributed by atoms with van der Waals surface area (Å²) in [4.78, 5) is 17.0. The molecule has 1 unspecified atom stereocenters. The number of primary amides is 1. The van der Waals surface area contributed by atoms with E-state index in [1.54, 1.807) is 6.92 Å². The minimum Gasteiger partial charge on any atom is -0.591 e. The average molecular weight is 384 g/mol. The van der Waals surface area contributed by atoms with Gasteiger partial charge in [0.2, 0.25) is 0 Å². The molecule has 1 aromatic heterocycles. The molecule has 0 saturated carbocycles. The quantitative estimate of drug-likeness (QED) is 0.620. The maximum atomic E-state index is 13.8. The van der Waals surface area contributed by atoms with Gasteiger partial charge in [-0.15, -0.1) is 0 Å². The normalized spacial score (nSPS) is 19.5. The SMILES string of the molecule is C/C(=N/[S@+]([O-])C(C)(C)C)c1cc(F)cnc1N1CCC(COC(N)=O)C1. The van der Waals surface area contributed by atoms with Crippen LogP contribution in [-0.4, -0.2) is 45.8 Å². The van der Waals surface area contributed by atoms with Gasteiger partial charge in [-0.2, -0.15) is 0 Å². The molecule has 0 aromatic carbocycles. The van der Waals surface area contributed by atoms with Gasteiger partial charge in [0, 0.05) is 24.6 Å². The van der Waals surface area contributed by atoms with Crippen LogP contribution in [0.25, 0.3) is 0 Å². The highest BCUT2D eigenvalue weighted by atomic mass is 32.2. The first-order valence-corrected chi connectivity index (χ1v) is 9.49. The number of halogens is 1. The van der Waals surface area contributed by atoms with Crippen molar-refractivity contribution in [1.82, 2.24) is 4.98 Å². The summed E-state index contributed by atoms with van der Waals surface area (Å²) in [5.74, 6) is 0.232. The zero-order valence-electron chi connectivity index (χ0n) is 15.5. The van der Waals surface area contributed by atoms with Crippen molar-refractivity contribution >= 4 is 29.0 Å². The lowest BCUT2D eigenvalue weighted by Crippen LogP contribution is -2.28. The molecule has 1 amide bonds. The molecule has 9 heteroatoms. The van der Waals surface area contributed by atoms with E-state index in [2.05, 4.69) is 9.38 Å². The Balaban J connectivity index is 2.23. The number of ether oxygens (including phenoxy) is 1. The van der Waals surface area contributed by atoms with E-state index in [1.807, 2.05) is 25.7 Å². The van der Waals surface area contributed by atoms with Crippen LogP contribution >= 0.6 is 0 Å². The van der Waals surface area contributed by atoms with E-state index in [0.717, 1.165) is 12.6 Å². The molecule has 0 aliphatic carbocycles. The van der Waals surface area contributed by atoms with Crippen molar-refractivity contribution in [3.63, 3.8) is 0 Å². The van der Waals surface area contributed by atoms with Gasteiger partial charge in [0.1, 0.15) is 27.7 Å². The monoisotopic (exact) mass is 384 g/mol. The third-order valence-electron chi connectivity index (χ3n) is 4.01. The van der Waals surface area contributed by atoms with Crippen LogP contribution in [0, 0.1) is 11.7 Å². The number of aromatic nitrogens is 1. The van der Waals surface area contributed by atoms with Crippen molar-refractivity contribution in [3.8, 4) is 0 Å². The standard InChI is InChI=1S/C17H25FN4O3S/c1-11(21-26(24)17(2,3)4)14-7-13(18)8-20-15(14)22-6-5-12(9-22)10-25-16(19)23/h7-8,12H,5-6,9-10H2,1-4H3,(H2,19,23)/b21-11-/t12?,26-/m1/s1. The molecular formula is C17H25FN4O3S. The molecule has 0 bridgehead atoms. The van der Waals surface area contributed by atoms with Crippen LogP contribution in [0.5, 0.6) is 0 Å². The van der Waals surface area contributed by atoms with E-state index in [9.17, 15) is 13.7 Å². The zero-order valence-corrected chi connectivity index (χ0v) is 16.3. The highest BCUT2D eigenvalue weighted by Gasteiger charge is 2.29. The number of pyridine rings is 1. The summed E-state index contributed by atoms with van der Waals surface area (Å²) in [6, 6.07) is 1.36. The van der Waals surface area contributed by atoms with Gasteiger partial charge in [0.15, 0.2) is 0 Å². The van der Waals surface area contributed by atoms with E-state index in [4.69, 9.17) is 10.5 Å². The summed E-state index contributed by atoms with van der Waals surface area (Å²) in [5.41, 5.74) is 5.99. The molecule has 2 N–H and O–H groups in total. The number of hydrogen-bond donors (Lipinski definition) is 1. The molecule has 2 atom stereocenters. The predicted molar refractivity (Wildman–Crippen MR) is 100 cm³/mol. The lowest BCUT2D eigenvalue weighted by atomic mass is 10.1. The maximum absolute atomic E-state index is 13.8. The fraction of sp³-hybridized carbons (Fsp3) is 0.588. The predicted octanol–water partition coefficient (Wildman–Crippen LogP) is 2.41. The van der Waals surface area contributed by atoms with Gasteiger partial charge in [-0.25, -0.2) is 14.2 Å². The first kappa shape index (κ1) is 20.4. The summed E-state index contributed by atoms with van der Waals surface area (Å²) in [7, 11) is 0. The minimum atomic E-state index is -1.45. The smallest absolute Gasteiger partial charge is 0.404 e. The number of carbonyl (C=O) groups is 1. The highest BCUT2D eigenvalue weighted by Crippen LogP contribution is 2.27. The average Bonchev–Trinajstić information content (AvgIpc) is 3.00. The summed E-state index contributed by atoms with van der Waals surface area (Å²) >= 11 is -1.45. The summed E-state index contributed by atoms with van der Waals surface area (Å²) in [6.45, 7) is 8.72. The number of carbonyl (C=O) groups excluding carboxylic acids is 1. The van der Waals surface area contributed by atoms with Crippen molar-refractivity contribution in [2.24, 2.45) is 16.0 Å².